The Bertz CT molecular complexity index is 703. The minimum atomic E-state index is -1.52. The maximum absolute atomic E-state index is 12.3. The first-order valence-electron chi connectivity index (χ1n) is 6.07. The molecule has 0 fully saturated rings. The number of nitrogens with two attached hydrogens (primary N) is 1. The molecule has 2 N–H and O–H groups in total. The van der Waals surface area contributed by atoms with Crippen molar-refractivity contribution in [3.8, 4) is 5.75 Å². The largest absolute Gasteiger partial charge is 0.495 e. The molecule has 0 heterocycles. The van der Waals surface area contributed by atoms with E-state index in [0.29, 0.717) is 11.4 Å². The van der Waals surface area contributed by atoms with E-state index < -0.39 is 15.7 Å². The van der Waals surface area contributed by atoms with Crippen molar-refractivity contribution < 1.29 is 13.9 Å². The molecule has 0 aromatic heterocycles. The number of nitrogens with zero attached hydrogens (tertiary/aromatic N) is 1. The van der Waals surface area contributed by atoms with E-state index in [4.69, 9.17) is 10.5 Å². The number of hydrogen-bond donors (Lipinski definition) is 1. The summed E-state index contributed by atoms with van der Waals surface area (Å²) in [4.78, 5) is 10.6. The highest BCUT2D eigenvalue weighted by molar-refractivity contribution is 7.84. The highest BCUT2D eigenvalue weighted by Gasteiger charge is 2.18. The van der Waals surface area contributed by atoms with Crippen molar-refractivity contribution in [2.75, 3.05) is 12.8 Å². The molecule has 21 heavy (non-hydrogen) atoms. The number of ether oxygens (including phenoxy) is 1. The normalized spacial score (nSPS) is 11.9. The quantitative estimate of drug-likeness (QED) is 0.520. The van der Waals surface area contributed by atoms with Gasteiger partial charge in [-0.25, -0.2) is 0 Å². The first-order valence-corrected chi connectivity index (χ1v) is 7.39. The minimum Gasteiger partial charge on any atom is -0.495 e. The number of nitrogen functional groups attached to an aromatic ring is 1. The summed E-state index contributed by atoms with van der Waals surface area (Å²) in [6.07, 6.45) is 0. The fraction of sp³-hybridized carbons (Fsp3) is 0.143. The SMILES string of the molecule is COc1ccc(CS(=O)c2ccccc2[N+](=O)[O-])cc1N. The van der Waals surface area contributed by atoms with Gasteiger partial charge in [0.15, 0.2) is 0 Å². The number of nitro benzene ring substituents is 1. The Morgan fingerprint density at radius 3 is 2.62 bits per heavy atom. The molecule has 2 aromatic rings. The highest BCUT2D eigenvalue weighted by Crippen LogP contribution is 2.26. The van der Waals surface area contributed by atoms with Crippen LogP contribution in [0.4, 0.5) is 11.4 Å². The van der Waals surface area contributed by atoms with Crippen molar-refractivity contribution >= 4 is 22.2 Å². The first-order chi connectivity index (χ1) is 10.0. The van der Waals surface area contributed by atoms with E-state index in [1.165, 1.54) is 19.2 Å². The Morgan fingerprint density at radius 2 is 2.00 bits per heavy atom. The molecule has 1 unspecified atom stereocenters. The van der Waals surface area contributed by atoms with Gasteiger partial charge in [0, 0.05) is 6.07 Å². The van der Waals surface area contributed by atoms with E-state index in [2.05, 4.69) is 0 Å². The standard InChI is InChI=1S/C14H14N2O4S/c1-20-13-7-6-10(8-11(13)15)9-21(19)14-5-3-2-4-12(14)16(17)18/h2-8H,9,15H2,1H3. The lowest BCUT2D eigenvalue weighted by Gasteiger charge is -2.07. The molecule has 7 heteroatoms. The van der Waals surface area contributed by atoms with Crippen LogP contribution in [-0.2, 0) is 16.6 Å². The van der Waals surface area contributed by atoms with Gasteiger partial charge in [0.25, 0.3) is 5.69 Å². The van der Waals surface area contributed by atoms with Crippen molar-refractivity contribution in [2.24, 2.45) is 0 Å². The van der Waals surface area contributed by atoms with Gasteiger partial charge in [0.2, 0.25) is 0 Å². The van der Waals surface area contributed by atoms with Crippen LogP contribution in [0.5, 0.6) is 5.75 Å². The third-order valence-corrected chi connectivity index (χ3v) is 4.33. The average Bonchev–Trinajstić information content (AvgIpc) is 2.47. The molecule has 0 aliphatic carbocycles. The van der Waals surface area contributed by atoms with Crippen molar-refractivity contribution in [3.05, 3.63) is 58.1 Å². The Labute approximate surface area is 124 Å². The van der Waals surface area contributed by atoms with Crippen LogP contribution in [0.15, 0.2) is 47.4 Å². The second-order valence-corrected chi connectivity index (χ2v) is 5.71. The molecule has 1 atom stereocenters. The van der Waals surface area contributed by atoms with E-state index in [9.17, 15) is 14.3 Å². The van der Waals surface area contributed by atoms with Gasteiger partial charge in [-0.3, -0.25) is 14.3 Å². The molecular formula is C14H14N2O4S. The number of anilines is 1. The van der Waals surface area contributed by atoms with Crippen LogP contribution in [0.3, 0.4) is 0 Å². The van der Waals surface area contributed by atoms with E-state index >= 15 is 0 Å². The fourth-order valence-corrected chi connectivity index (χ4v) is 3.15. The molecule has 110 valence electrons. The zero-order chi connectivity index (χ0) is 15.4. The summed E-state index contributed by atoms with van der Waals surface area (Å²) in [5, 5.41) is 11.0. The van der Waals surface area contributed by atoms with Crippen LogP contribution in [0, 0.1) is 10.1 Å². The van der Waals surface area contributed by atoms with Crippen molar-refractivity contribution in [2.45, 2.75) is 10.6 Å². The van der Waals surface area contributed by atoms with Gasteiger partial charge in [0.05, 0.1) is 34.3 Å². The second kappa shape index (κ2) is 6.36. The summed E-state index contributed by atoms with van der Waals surface area (Å²) in [6.45, 7) is 0. The molecule has 0 radical (unpaired) electrons. The Morgan fingerprint density at radius 1 is 1.29 bits per heavy atom. The fourth-order valence-electron chi connectivity index (χ4n) is 1.90. The smallest absolute Gasteiger partial charge is 0.285 e. The highest BCUT2D eigenvalue weighted by atomic mass is 32.2. The van der Waals surface area contributed by atoms with Crippen LogP contribution in [0.1, 0.15) is 5.56 Å². The number of rotatable bonds is 5. The predicted octanol–water partition coefficient (Wildman–Crippen LogP) is 2.49. The van der Waals surface area contributed by atoms with Gasteiger partial charge >= 0.3 is 0 Å². The van der Waals surface area contributed by atoms with E-state index in [0.717, 1.165) is 5.56 Å². The number of methoxy groups -OCH3 is 1. The summed E-state index contributed by atoms with van der Waals surface area (Å²) in [7, 11) is -0.0106. The molecule has 0 saturated carbocycles. The topological polar surface area (TPSA) is 95.5 Å². The molecule has 2 aromatic carbocycles. The lowest BCUT2D eigenvalue weighted by molar-refractivity contribution is -0.387. The van der Waals surface area contributed by atoms with Crippen LogP contribution in [0.25, 0.3) is 0 Å². The lowest BCUT2D eigenvalue weighted by Crippen LogP contribution is -2.02. The van der Waals surface area contributed by atoms with Crippen LogP contribution in [-0.4, -0.2) is 16.2 Å². The third-order valence-electron chi connectivity index (χ3n) is 2.90. The number of hydrogen-bond acceptors (Lipinski definition) is 5. The van der Waals surface area contributed by atoms with Crippen molar-refractivity contribution in [1.29, 1.82) is 0 Å². The van der Waals surface area contributed by atoms with Crippen LogP contribution in [0.2, 0.25) is 0 Å². The molecule has 2 rings (SSSR count). The van der Waals surface area contributed by atoms with Gasteiger partial charge in [-0.1, -0.05) is 18.2 Å². The van der Waals surface area contributed by atoms with Gasteiger partial charge in [-0.2, -0.15) is 0 Å². The molecule has 0 bridgehead atoms. The Hall–Kier alpha value is -2.41. The molecule has 0 aliphatic rings. The monoisotopic (exact) mass is 306 g/mol. The van der Waals surface area contributed by atoms with Crippen molar-refractivity contribution in [3.63, 3.8) is 0 Å². The van der Waals surface area contributed by atoms with E-state index in [-0.39, 0.29) is 16.3 Å². The summed E-state index contributed by atoms with van der Waals surface area (Å²) >= 11 is 0. The van der Waals surface area contributed by atoms with Gasteiger partial charge in [0.1, 0.15) is 10.6 Å². The molecular weight excluding hydrogens is 292 g/mol. The van der Waals surface area contributed by atoms with Crippen LogP contribution < -0.4 is 10.5 Å². The Kier molecular flexibility index (Phi) is 4.54. The van der Waals surface area contributed by atoms with E-state index in [1.807, 2.05) is 0 Å². The first kappa shape index (κ1) is 15.0. The summed E-state index contributed by atoms with van der Waals surface area (Å²) in [5.74, 6) is 0.689. The minimum absolute atomic E-state index is 0.141. The summed E-state index contributed by atoms with van der Waals surface area (Å²) in [5.41, 5.74) is 6.82. The zero-order valence-electron chi connectivity index (χ0n) is 11.3. The number of nitro groups is 1. The molecule has 0 spiro atoms. The summed E-state index contributed by atoms with van der Waals surface area (Å²) < 4.78 is 17.4. The average molecular weight is 306 g/mol. The van der Waals surface area contributed by atoms with Gasteiger partial charge in [-0.05, 0) is 23.8 Å². The molecule has 6 nitrogen and oxygen atoms in total. The molecule has 0 aliphatic heterocycles. The van der Waals surface area contributed by atoms with E-state index in [1.54, 1.807) is 30.3 Å². The molecule has 0 saturated heterocycles. The summed E-state index contributed by atoms with van der Waals surface area (Å²) in [6, 6.07) is 11.1. The predicted molar refractivity (Wildman–Crippen MR) is 80.6 cm³/mol. The maximum Gasteiger partial charge on any atom is 0.285 e. The lowest BCUT2D eigenvalue weighted by atomic mass is 10.2. The van der Waals surface area contributed by atoms with Crippen molar-refractivity contribution in [1.82, 2.24) is 0 Å². The molecule has 0 amide bonds. The third kappa shape index (κ3) is 3.38. The Balaban J connectivity index is 2.26. The second-order valence-electron chi connectivity index (χ2n) is 4.29. The maximum atomic E-state index is 12.3. The number of para-hydroxylation sites is 1. The van der Waals surface area contributed by atoms with Crippen LogP contribution >= 0.6 is 0 Å². The van der Waals surface area contributed by atoms with Gasteiger partial charge in [-0.15, -0.1) is 0 Å². The zero-order valence-corrected chi connectivity index (χ0v) is 12.1. The number of benzene rings is 2. The van der Waals surface area contributed by atoms with Gasteiger partial charge < -0.3 is 10.5 Å².